The number of thiazole rings is 1. The Hall–Kier alpha value is -3.72. The molecule has 1 aliphatic rings. The van der Waals surface area contributed by atoms with E-state index in [4.69, 9.17) is 9.47 Å². The fraction of sp³-hybridized carbons (Fsp3) is 0.379. The van der Waals surface area contributed by atoms with Gasteiger partial charge in [0.25, 0.3) is 5.91 Å². The van der Waals surface area contributed by atoms with Gasteiger partial charge in [-0.3, -0.25) is 14.5 Å². The average molecular weight is 536 g/mol. The molecule has 1 heterocycles. The fourth-order valence-electron chi connectivity index (χ4n) is 4.83. The Bertz CT molecular complexity index is 1280. The van der Waals surface area contributed by atoms with E-state index in [9.17, 15) is 14.4 Å². The number of rotatable bonds is 8. The highest BCUT2D eigenvalue weighted by Crippen LogP contribution is 2.33. The molecule has 0 aliphatic heterocycles. The molecule has 8 nitrogen and oxygen atoms in total. The molecule has 1 fully saturated rings. The van der Waals surface area contributed by atoms with Crippen molar-refractivity contribution in [2.75, 3.05) is 19.1 Å². The third-order valence-electron chi connectivity index (χ3n) is 6.77. The Kier molecular flexibility index (Phi) is 8.78. The first-order chi connectivity index (χ1) is 18.3. The summed E-state index contributed by atoms with van der Waals surface area (Å²) >= 11 is 1.30. The molecule has 1 aliphatic carbocycles. The lowest BCUT2D eigenvalue weighted by atomic mass is 9.94. The summed E-state index contributed by atoms with van der Waals surface area (Å²) in [7, 11) is 2.89. The van der Waals surface area contributed by atoms with Gasteiger partial charge in [-0.1, -0.05) is 31.4 Å². The van der Waals surface area contributed by atoms with Crippen molar-refractivity contribution in [2.45, 2.75) is 58.0 Å². The van der Waals surface area contributed by atoms with Crippen LogP contribution in [0.5, 0.6) is 5.75 Å². The Morgan fingerprint density at radius 2 is 1.63 bits per heavy atom. The molecule has 2 aromatic carbocycles. The van der Waals surface area contributed by atoms with Crippen molar-refractivity contribution in [3.63, 3.8) is 0 Å². The van der Waals surface area contributed by atoms with Gasteiger partial charge in [0.1, 0.15) is 16.7 Å². The van der Waals surface area contributed by atoms with Crippen LogP contribution in [0, 0.1) is 13.8 Å². The first-order valence-corrected chi connectivity index (χ1v) is 13.5. The molecular formula is C29H33N3O5S. The molecule has 0 bridgehead atoms. The molecule has 4 rings (SSSR count). The second-order valence-corrected chi connectivity index (χ2v) is 10.6. The van der Waals surface area contributed by atoms with E-state index in [0.29, 0.717) is 33.1 Å². The van der Waals surface area contributed by atoms with E-state index < -0.39 is 12.0 Å². The lowest BCUT2D eigenvalue weighted by molar-refractivity contribution is -0.123. The van der Waals surface area contributed by atoms with Crippen LogP contribution in [0.2, 0.25) is 0 Å². The number of ether oxygens (including phenoxy) is 2. The maximum absolute atomic E-state index is 14.2. The molecule has 1 atom stereocenters. The number of anilines is 1. The number of esters is 1. The molecule has 3 aromatic rings. The highest BCUT2D eigenvalue weighted by Gasteiger charge is 2.36. The third-order valence-corrected chi connectivity index (χ3v) is 7.83. The Labute approximate surface area is 227 Å². The van der Waals surface area contributed by atoms with Crippen molar-refractivity contribution in [2.24, 2.45) is 0 Å². The predicted molar refractivity (Wildman–Crippen MR) is 147 cm³/mol. The number of carbonyl (C=O) groups is 3. The Balaban J connectivity index is 1.83. The summed E-state index contributed by atoms with van der Waals surface area (Å²) in [4.78, 5) is 46.7. The van der Waals surface area contributed by atoms with E-state index in [2.05, 4.69) is 10.3 Å². The van der Waals surface area contributed by atoms with Crippen LogP contribution in [0.1, 0.15) is 74.4 Å². The first kappa shape index (κ1) is 27.3. The van der Waals surface area contributed by atoms with E-state index in [1.807, 2.05) is 6.92 Å². The molecule has 1 N–H and O–H groups in total. The third kappa shape index (κ3) is 6.05. The number of amides is 2. The zero-order valence-electron chi connectivity index (χ0n) is 22.2. The lowest BCUT2D eigenvalue weighted by Crippen LogP contribution is -2.47. The SMILES string of the molecule is COC(=O)c1ccc(N(C(=O)c2sc(C)nc2C)[C@H](C(=O)NC2CCCCC2)c2ccc(OC)cc2)cc1. The van der Waals surface area contributed by atoms with Crippen LogP contribution in [0.25, 0.3) is 0 Å². The van der Waals surface area contributed by atoms with E-state index in [0.717, 1.165) is 37.1 Å². The standard InChI is InChI=1S/C29H33N3O5S/c1-18-26(38-19(2)30-18)28(34)32(23-14-10-21(11-15-23)29(35)37-4)25(20-12-16-24(36-3)17-13-20)27(33)31-22-8-6-5-7-9-22/h10-17,22,25H,5-9H2,1-4H3,(H,31,33)/t25-/m0/s1. The zero-order valence-corrected chi connectivity index (χ0v) is 23.0. The maximum Gasteiger partial charge on any atom is 0.337 e. The molecule has 1 saturated carbocycles. The Morgan fingerprint density at radius 3 is 2.18 bits per heavy atom. The number of aromatic nitrogens is 1. The molecule has 0 spiro atoms. The van der Waals surface area contributed by atoms with Crippen molar-refractivity contribution in [3.05, 3.63) is 75.2 Å². The van der Waals surface area contributed by atoms with Gasteiger partial charge in [0.2, 0.25) is 5.91 Å². The minimum absolute atomic E-state index is 0.0584. The average Bonchev–Trinajstić information content (AvgIpc) is 3.29. The van der Waals surface area contributed by atoms with Crippen molar-refractivity contribution >= 4 is 34.8 Å². The van der Waals surface area contributed by atoms with Gasteiger partial charge < -0.3 is 14.8 Å². The first-order valence-electron chi connectivity index (χ1n) is 12.7. The molecule has 200 valence electrons. The van der Waals surface area contributed by atoms with Gasteiger partial charge in [0.15, 0.2) is 0 Å². The predicted octanol–water partition coefficient (Wildman–Crippen LogP) is 5.39. The molecule has 38 heavy (non-hydrogen) atoms. The second-order valence-electron chi connectivity index (χ2n) is 9.38. The summed E-state index contributed by atoms with van der Waals surface area (Å²) in [5.74, 6) is -0.426. The summed E-state index contributed by atoms with van der Waals surface area (Å²) in [5, 5.41) is 3.97. The fourth-order valence-corrected chi connectivity index (χ4v) is 5.69. The number of aryl methyl sites for hydroxylation is 2. The van der Waals surface area contributed by atoms with Gasteiger partial charge in [-0.2, -0.15) is 0 Å². The number of nitrogens with one attached hydrogen (secondary N) is 1. The van der Waals surface area contributed by atoms with Crippen LogP contribution >= 0.6 is 11.3 Å². The Morgan fingerprint density at radius 1 is 0.974 bits per heavy atom. The zero-order chi connectivity index (χ0) is 27.2. The summed E-state index contributed by atoms with van der Waals surface area (Å²) in [5.41, 5.74) is 2.08. The summed E-state index contributed by atoms with van der Waals surface area (Å²) in [6.45, 7) is 3.64. The van der Waals surface area contributed by atoms with E-state index >= 15 is 0 Å². The van der Waals surface area contributed by atoms with Gasteiger partial charge in [-0.15, -0.1) is 11.3 Å². The molecule has 1 aromatic heterocycles. The van der Waals surface area contributed by atoms with Crippen LogP contribution in [0.3, 0.4) is 0 Å². The molecule has 0 saturated heterocycles. The van der Waals surface area contributed by atoms with Gasteiger partial charge in [-0.25, -0.2) is 9.78 Å². The quantitative estimate of drug-likeness (QED) is 0.388. The number of nitrogens with zero attached hydrogens (tertiary/aromatic N) is 2. The van der Waals surface area contributed by atoms with E-state index in [-0.39, 0.29) is 17.9 Å². The van der Waals surface area contributed by atoms with Crippen LogP contribution in [-0.2, 0) is 9.53 Å². The van der Waals surface area contributed by atoms with Gasteiger partial charge in [-0.05, 0) is 68.7 Å². The smallest absolute Gasteiger partial charge is 0.337 e. The van der Waals surface area contributed by atoms with Crippen LogP contribution in [0.15, 0.2) is 48.5 Å². The van der Waals surface area contributed by atoms with Crippen molar-refractivity contribution in [1.82, 2.24) is 10.3 Å². The maximum atomic E-state index is 14.2. The normalized spacial score (nSPS) is 14.4. The molecule has 9 heteroatoms. The molecule has 2 amide bonds. The van der Waals surface area contributed by atoms with Crippen molar-refractivity contribution < 1.29 is 23.9 Å². The largest absolute Gasteiger partial charge is 0.497 e. The van der Waals surface area contributed by atoms with Crippen LogP contribution in [-0.4, -0.2) is 43.0 Å². The molecule has 0 unspecified atom stereocenters. The van der Waals surface area contributed by atoms with Crippen molar-refractivity contribution in [1.29, 1.82) is 0 Å². The monoisotopic (exact) mass is 535 g/mol. The minimum atomic E-state index is -0.957. The number of benzene rings is 2. The summed E-state index contributed by atoms with van der Waals surface area (Å²) < 4.78 is 10.2. The number of carbonyl (C=O) groups excluding carboxylic acids is 3. The number of hydrogen-bond acceptors (Lipinski definition) is 7. The highest BCUT2D eigenvalue weighted by molar-refractivity contribution is 7.13. The summed E-state index contributed by atoms with van der Waals surface area (Å²) in [6.07, 6.45) is 5.12. The number of methoxy groups -OCH3 is 2. The minimum Gasteiger partial charge on any atom is -0.497 e. The van der Waals surface area contributed by atoms with Gasteiger partial charge in [0, 0.05) is 11.7 Å². The van der Waals surface area contributed by atoms with E-state index in [1.54, 1.807) is 62.6 Å². The second kappa shape index (κ2) is 12.2. The molecule has 0 radical (unpaired) electrons. The van der Waals surface area contributed by atoms with Gasteiger partial charge in [0.05, 0.1) is 30.5 Å². The van der Waals surface area contributed by atoms with Crippen molar-refractivity contribution in [3.8, 4) is 5.75 Å². The molecular weight excluding hydrogens is 502 g/mol. The number of hydrogen-bond donors (Lipinski definition) is 1. The highest BCUT2D eigenvalue weighted by atomic mass is 32.1. The topological polar surface area (TPSA) is 97.8 Å². The van der Waals surface area contributed by atoms with Crippen LogP contribution in [0.4, 0.5) is 5.69 Å². The summed E-state index contributed by atoms with van der Waals surface area (Å²) in [6, 6.07) is 12.8. The van der Waals surface area contributed by atoms with Gasteiger partial charge >= 0.3 is 5.97 Å². The van der Waals surface area contributed by atoms with E-state index in [1.165, 1.54) is 23.3 Å². The van der Waals surface area contributed by atoms with Crippen LogP contribution < -0.4 is 15.0 Å². The lowest BCUT2D eigenvalue weighted by Gasteiger charge is -2.33.